The summed E-state index contributed by atoms with van der Waals surface area (Å²) >= 11 is 0. The van der Waals surface area contributed by atoms with Gasteiger partial charge in [-0.15, -0.1) is 0 Å². The van der Waals surface area contributed by atoms with Gasteiger partial charge in [0.2, 0.25) is 15.5 Å². The maximum atomic E-state index is 12.7. The average molecular weight is 467 g/mol. The minimum Gasteiger partial charge on any atom is -0.507 e. The number of hydrogen-bond acceptors (Lipinski definition) is 7. The van der Waals surface area contributed by atoms with Crippen molar-refractivity contribution in [1.29, 1.82) is 0 Å². The van der Waals surface area contributed by atoms with Crippen LogP contribution in [0.2, 0.25) is 0 Å². The van der Waals surface area contributed by atoms with Gasteiger partial charge in [-0.1, -0.05) is 36.8 Å². The second-order valence-electron chi connectivity index (χ2n) is 7.56. The topological polar surface area (TPSA) is 123 Å². The maximum Gasteiger partial charge on any atom is 0.329 e. The fraction of sp³-hybridized carbons (Fsp3) is 0.167. The Bertz CT molecular complexity index is 1520. The van der Waals surface area contributed by atoms with Crippen molar-refractivity contribution in [3.05, 3.63) is 76.5 Å². The molecule has 0 fully saturated rings. The standard InChI is InChI=1S/C24H21NO7S/c1-3-18(25-33(29,30)16-10-8-14(2)9-11-16)24(28)31-15-12-19(26)22-21(13-15)32-20-7-5-4-6-17(20)23(22)27/h4-13,18,25-26H,3H2,1-2H3. The molecule has 33 heavy (non-hydrogen) atoms. The molecule has 3 aromatic carbocycles. The zero-order valence-corrected chi connectivity index (χ0v) is 18.7. The predicted octanol–water partition coefficient (Wildman–Crippen LogP) is 3.62. The number of phenols is 1. The van der Waals surface area contributed by atoms with Crippen LogP contribution in [-0.4, -0.2) is 25.5 Å². The van der Waals surface area contributed by atoms with Gasteiger partial charge >= 0.3 is 5.97 Å². The van der Waals surface area contributed by atoms with E-state index < -0.39 is 33.2 Å². The first-order valence-electron chi connectivity index (χ1n) is 10.2. The van der Waals surface area contributed by atoms with Crippen LogP contribution in [0.1, 0.15) is 18.9 Å². The van der Waals surface area contributed by atoms with Crippen LogP contribution in [-0.2, 0) is 14.8 Å². The van der Waals surface area contributed by atoms with E-state index in [4.69, 9.17) is 9.15 Å². The Kier molecular flexibility index (Phi) is 5.92. The van der Waals surface area contributed by atoms with E-state index in [-0.39, 0.29) is 28.0 Å². The SMILES string of the molecule is CCC(NS(=O)(=O)c1ccc(C)cc1)C(=O)Oc1cc(O)c2c(=O)c3ccccc3oc2c1. The fourth-order valence-electron chi connectivity index (χ4n) is 3.40. The normalized spacial score (nSPS) is 12.7. The zero-order valence-electron chi connectivity index (χ0n) is 17.9. The van der Waals surface area contributed by atoms with Gasteiger partial charge in [-0.2, -0.15) is 4.72 Å². The number of carbonyl (C=O) groups excluding carboxylic acids is 1. The van der Waals surface area contributed by atoms with E-state index >= 15 is 0 Å². The second-order valence-corrected chi connectivity index (χ2v) is 9.27. The number of nitrogens with one attached hydrogen (secondary N) is 1. The lowest BCUT2D eigenvalue weighted by Crippen LogP contribution is -2.42. The number of hydrogen-bond donors (Lipinski definition) is 2. The Balaban J connectivity index is 1.62. The van der Waals surface area contributed by atoms with Crippen molar-refractivity contribution in [2.24, 2.45) is 0 Å². The van der Waals surface area contributed by atoms with Gasteiger partial charge in [-0.05, 0) is 37.6 Å². The monoisotopic (exact) mass is 467 g/mol. The van der Waals surface area contributed by atoms with E-state index in [0.29, 0.717) is 11.0 Å². The number of aryl methyl sites for hydroxylation is 1. The summed E-state index contributed by atoms with van der Waals surface area (Å²) in [5, 5.41) is 10.7. The molecular weight excluding hydrogens is 446 g/mol. The average Bonchev–Trinajstić information content (AvgIpc) is 2.77. The molecule has 0 saturated carbocycles. The molecule has 9 heteroatoms. The zero-order chi connectivity index (χ0) is 23.8. The largest absolute Gasteiger partial charge is 0.507 e. The van der Waals surface area contributed by atoms with Crippen molar-refractivity contribution in [3.63, 3.8) is 0 Å². The molecule has 0 saturated heterocycles. The highest BCUT2D eigenvalue weighted by Gasteiger charge is 2.26. The molecule has 1 aromatic heterocycles. The summed E-state index contributed by atoms with van der Waals surface area (Å²) in [7, 11) is -3.96. The summed E-state index contributed by atoms with van der Waals surface area (Å²) in [6.07, 6.45) is 0.128. The molecule has 0 radical (unpaired) electrons. The molecule has 0 aliphatic rings. The van der Waals surface area contributed by atoms with Crippen LogP contribution in [0.5, 0.6) is 11.5 Å². The molecular formula is C24H21NO7S. The molecule has 1 unspecified atom stereocenters. The third-order valence-corrected chi connectivity index (χ3v) is 6.66. The third-order valence-electron chi connectivity index (χ3n) is 5.17. The highest BCUT2D eigenvalue weighted by molar-refractivity contribution is 7.89. The number of benzene rings is 3. The van der Waals surface area contributed by atoms with Gasteiger partial charge in [0.15, 0.2) is 0 Å². The molecule has 4 rings (SSSR count). The minimum atomic E-state index is -3.96. The van der Waals surface area contributed by atoms with Gasteiger partial charge in [0.05, 0.1) is 10.3 Å². The lowest BCUT2D eigenvalue weighted by Gasteiger charge is -2.16. The van der Waals surface area contributed by atoms with E-state index in [1.807, 2.05) is 6.92 Å². The lowest BCUT2D eigenvalue weighted by atomic mass is 10.1. The van der Waals surface area contributed by atoms with Crippen molar-refractivity contribution in [2.45, 2.75) is 31.2 Å². The molecule has 4 aromatic rings. The van der Waals surface area contributed by atoms with Crippen LogP contribution in [0.3, 0.4) is 0 Å². The van der Waals surface area contributed by atoms with Crippen LogP contribution in [0, 0.1) is 6.92 Å². The number of aromatic hydroxyl groups is 1. The summed E-state index contributed by atoms with van der Waals surface area (Å²) in [6, 6.07) is 14.0. The Labute approximate surface area is 189 Å². The molecule has 170 valence electrons. The number of rotatable bonds is 6. The number of phenolic OH excluding ortho intramolecular Hbond substituents is 1. The summed E-state index contributed by atoms with van der Waals surface area (Å²) in [4.78, 5) is 25.4. The Morgan fingerprint density at radius 2 is 1.79 bits per heavy atom. The van der Waals surface area contributed by atoms with Gasteiger partial charge < -0.3 is 14.3 Å². The lowest BCUT2D eigenvalue weighted by molar-refractivity contribution is -0.136. The molecule has 0 aliphatic heterocycles. The fourth-order valence-corrected chi connectivity index (χ4v) is 4.67. The second kappa shape index (κ2) is 8.68. The smallest absolute Gasteiger partial charge is 0.329 e. The van der Waals surface area contributed by atoms with Crippen LogP contribution >= 0.6 is 0 Å². The first-order chi connectivity index (χ1) is 15.7. The van der Waals surface area contributed by atoms with Crippen molar-refractivity contribution in [1.82, 2.24) is 4.72 Å². The molecule has 0 amide bonds. The molecule has 0 bridgehead atoms. The van der Waals surface area contributed by atoms with Crippen molar-refractivity contribution in [2.75, 3.05) is 0 Å². The Morgan fingerprint density at radius 3 is 2.48 bits per heavy atom. The van der Waals surface area contributed by atoms with Gasteiger partial charge in [0, 0.05) is 12.1 Å². The highest BCUT2D eigenvalue weighted by atomic mass is 32.2. The summed E-state index contributed by atoms with van der Waals surface area (Å²) in [5.74, 6) is -1.37. The summed E-state index contributed by atoms with van der Waals surface area (Å²) in [6.45, 7) is 3.46. The highest BCUT2D eigenvalue weighted by Crippen LogP contribution is 2.30. The van der Waals surface area contributed by atoms with Gasteiger partial charge in [-0.3, -0.25) is 4.79 Å². The number of ether oxygens (including phenoxy) is 1. The number of sulfonamides is 1. The quantitative estimate of drug-likeness (QED) is 0.252. The summed E-state index contributed by atoms with van der Waals surface area (Å²) < 4.78 is 38.7. The number of para-hydroxylation sites is 1. The predicted molar refractivity (Wildman–Crippen MR) is 123 cm³/mol. The van der Waals surface area contributed by atoms with Crippen molar-refractivity contribution in [3.8, 4) is 11.5 Å². The third kappa shape index (κ3) is 4.46. The van der Waals surface area contributed by atoms with E-state index in [1.54, 1.807) is 43.3 Å². The maximum absolute atomic E-state index is 12.7. The van der Waals surface area contributed by atoms with Crippen molar-refractivity contribution < 1.29 is 27.5 Å². The first-order valence-corrected chi connectivity index (χ1v) is 11.7. The van der Waals surface area contributed by atoms with Crippen LogP contribution in [0.4, 0.5) is 0 Å². The molecule has 0 aliphatic carbocycles. The number of fused-ring (bicyclic) bond motifs is 2. The summed E-state index contributed by atoms with van der Waals surface area (Å²) in [5.41, 5.74) is 0.834. The Hall–Kier alpha value is -3.69. The molecule has 1 atom stereocenters. The minimum absolute atomic E-state index is 0.0244. The van der Waals surface area contributed by atoms with Crippen LogP contribution in [0.25, 0.3) is 21.9 Å². The number of carbonyl (C=O) groups is 1. The van der Waals surface area contributed by atoms with E-state index in [9.17, 15) is 23.1 Å². The number of esters is 1. The molecule has 8 nitrogen and oxygen atoms in total. The van der Waals surface area contributed by atoms with E-state index in [2.05, 4.69) is 4.72 Å². The first kappa shape index (κ1) is 22.5. The molecule has 1 heterocycles. The van der Waals surface area contributed by atoms with Crippen molar-refractivity contribution >= 4 is 37.9 Å². The molecule has 2 N–H and O–H groups in total. The van der Waals surface area contributed by atoms with E-state index in [0.717, 1.165) is 11.6 Å². The van der Waals surface area contributed by atoms with Gasteiger partial charge in [0.1, 0.15) is 34.1 Å². The Morgan fingerprint density at radius 1 is 1.09 bits per heavy atom. The van der Waals surface area contributed by atoms with Gasteiger partial charge in [-0.25, -0.2) is 13.2 Å². The van der Waals surface area contributed by atoms with Gasteiger partial charge in [0.25, 0.3) is 0 Å². The molecule has 0 spiro atoms. The van der Waals surface area contributed by atoms with E-state index in [1.165, 1.54) is 18.2 Å². The van der Waals surface area contributed by atoms with Crippen LogP contribution < -0.4 is 14.9 Å². The van der Waals surface area contributed by atoms with Crippen LogP contribution in [0.15, 0.2) is 74.8 Å².